The van der Waals surface area contributed by atoms with Gasteiger partial charge in [-0.05, 0) is 50.9 Å². The number of nitrogens with one attached hydrogen (secondary N) is 1. The minimum Gasteiger partial charge on any atom is -0.366 e. The highest BCUT2D eigenvalue weighted by Crippen LogP contribution is 2.25. The number of benzene rings is 1. The van der Waals surface area contributed by atoms with Crippen molar-refractivity contribution in [3.05, 3.63) is 29.3 Å². The molecule has 1 aliphatic rings. The average molecular weight is 243 g/mol. The molecule has 1 aliphatic heterocycles. The van der Waals surface area contributed by atoms with Crippen molar-refractivity contribution in [2.75, 3.05) is 24.5 Å². The molecule has 0 amide bonds. The van der Waals surface area contributed by atoms with Crippen LogP contribution in [0.2, 0.25) is 0 Å². The van der Waals surface area contributed by atoms with Gasteiger partial charge in [0, 0.05) is 19.1 Å². The summed E-state index contributed by atoms with van der Waals surface area (Å²) < 4.78 is 0. The van der Waals surface area contributed by atoms with Crippen LogP contribution in [0.4, 0.5) is 5.69 Å². The van der Waals surface area contributed by atoms with E-state index in [9.17, 15) is 5.26 Å². The van der Waals surface area contributed by atoms with Crippen LogP contribution in [0.15, 0.2) is 18.2 Å². The Hall–Kier alpha value is -1.53. The van der Waals surface area contributed by atoms with Crippen molar-refractivity contribution in [3.63, 3.8) is 0 Å². The molecule has 1 unspecified atom stereocenters. The Labute approximate surface area is 109 Å². The summed E-state index contributed by atoms with van der Waals surface area (Å²) in [7, 11) is 0. The van der Waals surface area contributed by atoms with Crippen LogP contribution in [-0.4, -0.2) is 25.7 Å². The van der Waals surface area contributed by atoms with Crippen LogP contribution in [-0.2, 0) is 0 Å². The molecule has 0 saturated carbocycles. The highest BCUT2D eigenvalue weighted by Gasteiger charge is 2.21. The maximum absolute atomic E-state index is 9.26. The number of anilines is 1. The lowest BCUT2D eigenvalue weighted by Crippen LogP contribution is -2.46. The molecular weight excluding hydrogens is 222 g/mol. The first-order valence-corrected chi connectivity index (χ1v) is 6.74. The second-order valence-corrected chi connectivity index (χ2v) is 4.92. The van der Waals surface area contributed by atoms with E-state index in [1.165, 1.54) is 18.4 Å². The molecule has 96 valence electrons. The fraction of sp³-hybridized carbons (Fsp3) is 0.533. The zero-order valence-electron chi connectivity index (χ0n) is 11.2. The van der Waals surface area contributed by atoms with E-state index in [4.69, 9.17) is 0 Å². The molecule has 1 heterocycles. The summed E-state index contributed by atoms with van der Waals surface area (Å²) in [5, 5.41) is 12.7. The number of hydrogen-bond donors (Lipinski definition) is 1. The van der Waals surface area contributed by atoms with Crippen LogP contribution in [0.5, 0.6) is 0 Å². The lowest BCUT2D eigenvalue weighted by Gasteiger charge is -2.36. The number of likely N-dealkylation sites (N-methyl/N-ethyl adjacent to an activating group) is 1. The standard InChI is InChI=1S/C15H21N3/c1-3-18(14-5-4-8-17-11-14)15-9-12(2)6-7-13(15)10-16/h6-7,9,14,17H,3-5,8,11H2,1-2H3. The molecule has 18 heavy (non-hydrogen) atoms. The Balaban J connectivity index is 2.31. The third-order valence-corrected chi connectivity index (χ3v) is 3.64. The number of hydrogen-bond acceptors (Lipinski definition) is 3. The highest BCUT2D eigenvalue weighted by atomic mass is 15.2. The smallest absolute Gasteiger partial charge is 0.101 e. The van der Waals surface area contributed by atoms with Crippen molar-refractivity contribution in [2.24, 2.45) is 0 Å². The predicted molar refractivity (Wildman–Crippen MR) is 74.8 cm³/mol. The molecule has 3 nitrogen and oxygen atoms in total. The van der Waals surface area contributed by atoms with Crippen LogP contribution >= 0.6 is 0 Å². The number of rotatable bonds is 3. The summed E-state index contributed by atoms with van der Waals surface area (Å²) in [5.41, 5.74) is 3.09. The highest BCUT2D eigenvalue weighted by molar-refractivity contribution is 5.61. The lowest BCUT2D eigenvalue weighted by atomic mass is 10.0. The predicted octanol–water partition coefficient (Wildman–Crippen LogP) is 2.45. The number of nitriles is 1. The number of aryl methyl sites for hydroxylation is 1. The summed E-state index contributed by atoms with van der Waals surface area (Å²) in [6.45, 7) is 7.33. The SMILES string of the molecule is CCN(c1cc(C)ccc1C#N)C1CCCNC1. The van der Waals surface area contributed by atoms with Gasteiger partial charge in [0.2, 0.25) is 0 Å². The molecule has 1 N–H and O–H groups in total. The van der Waals surface area contributed by atoms with Crippen molar-refractivity contribution in [1.29, 1.82) is 5.26 Å². The molecular formula is C15H21N3. The van der Waals surface area contributed by atoms with Gasteiger partial charge in [0.05, 0.1) is 11.3 Å². The minimum absolute atomic E-state index is 0.512. The van der Waals surface area contributed by atoms with Crippen LogP contribution in [0.3, 0.4) is 0 Å². The number of piperidine rings is 1. The minimum atomic E-state index is 0.512. The topological polar surface area (TPSA) is 39.1 Å². The maximum Gasteiger partial charge on any atom is 0.101 e. The normalized spacial score (nSPS) is 19.3. The summed E-state index contributed by atoms with van der Waals surface area (Å²) in [5.74, 6) is 0. The number of nitrogens with zero attached hydrogens (tertiary/aromatic N) is 2. The molecule has 0 spiro atoms. The summed E-state index contributed by atoms with van der Waals surface area (Å²) in [6, 6.07) is 8.90. The first-order chi connectivity index (χ1) is 8.76. The summed E-state index contributed by atoms with van der Waals surface area (Å²) in [4.78, 5) is 2.37. The van der Waals surface area contributed by atoms with Gasteiger partial charge < -0.3 is 10.2 Å². The molecule has 0 aliphatic carbocycles. The zero-order valence-corrected chi connectivity index (χ0v) is 11.2. The fourth-order valence-electron chi connectivity index (χ4n) is 2.70. The van der Waals surface area contributed by atoms with E-state index in [2.05, 4.69) is 36.2 Å². The Morgan fingerprint density at radius 2 is 2.33 bits per heavy atom. The van der Waals surface area contributed by atoms with Crippen molar-refractivity contribution in [3.8, 4) is 6.07 Å². The van der Waals surface area contributed by atoms with Gasteiger partial charge in [0.1, 0.15) is 6.07 Å². The Morgan fingerprint density at radius 1 is 1.50 bits per heavy atom. The third-order valence-electron chi connectivity index (χ3n) is 3.64. The average Bonchev–Trinajstić information content (AvgIpc) is 2.41. The molecule has 0 aromatic heterocycles. The quantitative estimate of drug-likeness (QED) is 0.886. The Kier molecular flexibility index (Phi) is 4.22. The van der Waals surface area contributed by atoms with Crippen molar-refractivity contribution < 1.29 is 0 Å². The second-order valence-electron chi connectivity index (χ2n) is 4.92. The first-order valence-electron chi connectivity index (χ1n) is 6.74. The van der Waals surface area contributed by atoms with Gasteiger partial charge in [-0.2, -0.15) is 5.26 Å². The molecule has 0 bridgehead atoms. The molecule has 2 rings (SSSR count). The van der Waals surface area contributed by atoms with Crippen LogP contribution < -0.4 is 10.2 Å². The lowest BCUT2D eigenvalue weighted by molar-refractivity contribution is 0.435. The molecule has 1 aromatic carbocycles. The summed E-state index contributed by atoms with van der Waals surface area (Å²) >= 11 is 0. The van der Waals surface area contributed by atoms with Gasteiger partial charge in [-0.15, -0.1) is 0 Å². The van der Waals surface area contributed by atoms with Gasteiger partial charge in [0.25, 0.3) is 0 Å². The van der Waals surface area contributed by atoms with Crippen molar-refractivity contribution in [2.45, 2.75) is 32.7 Å². The fourth-order valence-corrected chi connectivity index (χ4v) is 2.70. The van der Waals surface area contributed by atoms with E-state index < -0.39 is 0 Å². The van der Waals surface area contributed by atoms with E-state index >= 15 is 0 Å². The monoisotopic (exact) mass is 243 g/mol. The van der Waals surface area contributed by atoms with Gasteiger partial charge >= 0.3 is 0 Å². The van der Waals surface area contributed by atoms with Crippen molar-refractivity contribution >= 4 is 5.69 Å². The molecule has 3 heteroatoms. The molecule has 1 aromatic rings. The van der Waals surface area contributed by atoms with Gasteiger partial charge in [0.15, 0.2) is 0 Å². The van der Waals surface area contributed by atoms with Crippen LogP contribution in [0, 0.1) is 18.3 Å². The first kappa shape index (κ1) is 12.9. The van der Waals surface area contributed by atoms with Crippen molar-refractivity contribution in [1.82, 2.24) is 5.32 Å². The van der Waals surface area contributed by atoms with E-state index in [0.717, 1.165) is 30.9 Å². The van der Waals surface area contributed by atoms with E-state index in [1.54, 1.807) is 0 Å². The van der Waals surface area contributed by atoms with Crippen LogP contribution in [0.25, 0.3) is 0 Å². The molecule has 1 saturated heterocycles. The van der Waals surface area contributed by atoms with Gasteiger partial charge in [-0.25, -0.2) is 0 Å². The molecule has 1 fully saturated rings. The zero-order chi connectivity index (χ0) is 13.0. The molecule has 1 atom stereocenters. The second kappa shape index (κ2) is 5.88. The van der Waals surface area contributed by atoms with E-state index in [0.29, 0.717) is 6.04 Å². The van der Waals surface area contributed by atoms with Gasteiger partial charge in [-0.3, -0.25) is 0 Å². The maximum atomic E-state index is 9.26. The Morgan fingerprint density at radius 3 is 2.94 bits per heavy atom. The van der Waals surface area contributed by atoms with Crippen LogP contribution in [0.1, 0.15) is 30.9 Å². The van der Waals surface area contributed by atoms with Gasteiger partial charge in [-0.1, -0.05) is 6.07 Å². The molecule has 0 radical (unpaired) electrons. The largest absolute Gasteiger partial charge is 0.366 e. The third kappa shape index (κ3) is 2.65. The van der Waals surface area contributed by atoms with E-state index in [-0.39, 0.29) is 0 Å². The van der Waals surface area contributed by atoms with E-state index in [1.807, 2.05) is 12.1 Å². The Bertz CT molecular complexity index is 442. The summed E-state index contributed by atoms with van der Waals surface area (Å²) in [6.07, 6.45) is 2.43.